The van der Waals surface area contributed by atoms with E-state index in [0.29, 0.717) is 13.2 Å². The highest BCUT2D eigenvalue weighted by atomic mass is 16.5. The average molecular weight is 290 g/mol. The zero-order valence-electron chi connectivity index (χ0n) is 12.3. The number of ether oxygens (including phenoxy) is 1. The zero-order valence-corrected chi connectivity index (χ0v) is 12.3. The number of nitrogens with one attached hydrogen (secondary N) is 1. The summed E-state index contributed by atoms with van der Waals surface area (Å²) in [7, 11) is 0. The van der Waals surface area contributed by atoms with Crippen LogP contribution in [0.1, 0.15) is 18.1 Å². The summed E-state index contributed by atoms with van der Waals surface area (Å²) in [5.74, 6) is 0.110. The second-order valence-electron chi connectivity index (χ2n) is 5.88. The van der Waals surface area contributed by atoms with Gasteiger partial charge in [-0.05, 0) is 24.5 Å². The molecule has 1 amide bonds. The van der Waals surface area contributed by atoms with Crippen molar-refractivity contribution in [1.29, 1.82) is 0 Å². The molecular formula is C16H22N2O3. The Balaban J connectivity index is 1.71. The molecule has 0 saturated carbocycles. The second-order valence-corrected chi connectivity index (χ2v) is 5.88. The number of fused-ring (bicyclic) bond motifs is 1. The molecule has 2 aliphatic heterocycles. The average Bonchev–Trinajstić information content (AvgIpc) is 2.54. The number of rotatable bonds is 2. The fourth-order valence-corrected chi connectivity index (χ4v) is 3.06. The molecule has 5 heteroatoms. The standard InChI is InChI=1S/C16H22N2O3/c1-11-10-21-14(9-19)8-18(11)16(20)15-6-12-4-2-3-5-13(12)7-17-15/h2-5,11,14-15,17,19H,6-10H2,1H3. The van der Waals surface area contributed by atoms with Crippen molar-refractivity contribution in [3.8, 4) is 0 Å². The lowest BCUT2D eigenvalue weighted by Crippen LogP contribution is -2.58. The summed E-state index contributed by atoms with van der Waals surface area (Å²) in [5.41, 5.74) is 2.51. The van der Waals surface area contributed by atoms with Crippen LogP contribution in [0.15, 0.2) is 24.3 Å². The molecule has 2 N–H and O–H groups in total. The van der Waals surface area contributed by atoms with Gasteiger partial charge in [0, 0.05) is 13.1 Å². The van der Waals surface area contributed by atoms with Crippen molar-refractivity contribution in [2.75, 3.05) is 19.8 Å². The SMILES string of the molecule is CC1COC(CO)CN1C(=O)C1Cc2ccccc2CN1. The smallest absolute Gasteiger partial charge is 0.240 e. The quantitative estimate of drug-likeness (QED) is 0.823. The van der Waals surface area contributed by atoms with Crippen LogP contribution in [0.2, 0.25) is 0 Å². The maximum Gasteiger partial charge on any atom is 0.240 e. The van der Waals surface area contributed by atoms with Gasteiger partial charge in [0.15, 0.2) is 0 Å². The number of carbonyl (C=O) groups is 1. The van der Waals surface area contributed by atoms with Gasteiger partial charge in [-0.25, -0.2) is 0 Å². The van der Waals surface area contributed by atoms with Crippen LogP contribution < -0.4 is 5.32 Å². The lowest BCUT2D eigenvalue weighted by Gasteiger charge is -2.40. The molecule has 114 valence electrons. The molecule has 0 radical (unpaired) electrons. The van der Waals surface area contributed by atoms with E-state index in [1.807, 2.05) is 24.0 Å². The van der Waals surface area contributed by atoms with E-state index in [1.54, 1.807) is 0 Å². The van der Waals surface area contributed by atoms with E-state index in [2.05, 4.69) is 17.4 Å². The van der Waals surface area contributed by atoms with E-state index >= 15 is 0 Å². The van der Waals surface area contributed by atoms with E-state index in [4.69, 9.17) is 4.74 Å². The van der Waals surface area contributed by atoms with Crippen molar-refractivity contribution in [3.63, 3.8) is 0 Å². The zero-order chi connectivity index (χ0) is 14.8. The van der Waals surface area contributed by atoms with Gasteiger partial charge in [0.1, 0.15) is 0 Å². The number of hydrogen-bond donors (Lipinski definition) is 2. The molecule has 3 atom stereocenters. The van der Waals surface area contributed by atoms with E-state index in [-0.39, 0.29) is 30.7 Å². The van der Waals surface area contributed by atoms with Crippen LogP contribution in [-0.4, -0.2) is 53.9 Å². The summed E-state index contributed by atoms with van der Waals surface area (Å²) >= 11 is 0. The minimum atomic E-state index is -0.263. The molecule has 3 rings (SSSR count). The predicted molar refractivity (Wildman–Crippen MR) is 78.8 cm³/mol. The minimum Gasteiger partial charge on any atom is -0.394 e. The topological polar surface area (TPSA) is 61.8 Å². The number of morpholine rings is 1. The van der Waals surface area contributed by atoms with Crippen molar-refractivity contribution in [3.05, 3.63) is 35.4 Å². The monoisotopic (exact) mass is 290 g/mol. The lowest BCUT2D eigenvalue weighted by molar-refractivity contribution is -0.148. The number of benzene rings is 1. The van der Waals surface area contributed by atoms with Crippen LogP contribution in [0.4, 0.5) is 0 Å². The summed E-state index contributed by atoms with van der Waals surface area (Å²) in [6.45, 7) is 3.63. The highest BCUT2D eigenvalue weighted by Gasteiger charge is 2.34. The van der Waals surface area contributed by atoms with Gasteiger partial charge in [-0.1, -0.05) is 24.3 Å². The Bertz CT molecular complexity index is 520. The Morgan fingerprint density at radius 3 is 2.95 bits per heavy atom. The van der Waals surface area contributed by atoms with Crippen LogP contribution in [0.25, 0.3) is 0 Å². The van der Waals surface area contributed by atoms with Gasteiger partial charge < -0.3 is 20.1 Å². The molecule has 0 bridgehead atoms. The van der Waals surface area contributed by atoms with Crippen molar-refractivity contribution >= 4 is 5.91 Å². The number of nitrogens with zero attached hydrogens (tertiary/aromatic N) is 1. The molecule has 1 fully saturated rings. The first kappa shape index (κ1) is 14.5. The van der Waals surface area contributed by atoms with Crippen molar-refractivity contribution in [1.82, 2.24) is 10.2 Å². The molecule has 0 aliphatic carbocycles. The second kappa shape index (κ2) is 6.13. The molecule has 1 aromatic rings. The lowest BCUT2D eigenvalue weighted by atomic mass is 9.94. The molecule has 2 aliphatic rings. The van der Waals surface area contributed by atoms with E-state index < -0.39 is 0 Å². The third kappa shape index (κ3) is 2.95. The Kier molecular flexibility index (Phi) is 4.24. The minimum absolute atomic E-state index is 0.0442. The van der Waals surface area contributed by atoms with Crippen LogP contribution in [0.5, 0.6) is 0 Å². The first-order valence-corrected chi connectivity index (χ1v) is 7.52. The fraction of sp³-hybridized carbons (Fsp3) is 0.562. The number of hydrogen-bond acceptors (Lipinski definition) is 4. The summed E-state index contributed by atoms with van der Waals surface area (Å²) in [5, 5.41) is 12.6. The Morgan fingerprint density at radius 1 is 1.43 bits per heavy atom. The normalized spacial score (nSPS) is 29.0. The van der Waals surface area contributed by atoms with Gasteiger partial charge >= 0.3 is 0 Å². The molecule has 0 spiro atoms. The number of amides is 1. The van der Waals surface area contributed by atoms with Gasteiger partial charge in [-0.2, -0.15) is 0 Å². The van der Waals surface area contributed by atoms with E-state index in [0.717, 1.165) is 13.0 Å². The number of aliphatic hydroxyl groups excluding tert-OH is 1. The van der Waals surface area contributed by atoms with Gasteiger partial charge in [-0.3, -0.25) is 4.79 Å². The van der Waals surface area contributed by atoms with Crippen LogP contribution in [0, 0.1) is 0 Å². The third-order valence-electron chi connectivity index (χ3n) is 4.37. The van der Waals surface area contributed by atoms with Crippen molar-refractivity contribution < 1.29 is 14.6 Å². The molecule has 21 heavy (non-hydrogen) atoms. The molecule has 0 aromatic heterocycles. The van der Waals surface area contributed by atoms with Crippen LogP contribution >= 0.6 is 0 Å². The van der Waals surface area contributed by atoms with Gasteiger partial charge in [-0.15, -0.1) is 0 Å². The maximum atomic E-state index is 12.8. The van der Waals surface area contributed by atoms with E-state index in [1.165, 1.54) is 11.1 Å². The Hall–Kier alpha value is -1.43. The first-order chi connectivity index (χ1) is 10.2. The van der Waals surface area contributed by atoms with Crippen molar-refractivity contribution in [2.45, 2.75) is 38.1 Å². The summed E-state index contributed by atoms with van der Waals surface area (Å²) in [6.07, 6.45) is 0.462. The third-order valence-corrected chi connectivity index (χ3v) is 4.37. The highest BCUT2D eigenvalue weighted by Crippen LogP contribution is 2.20. The molecule has 1 saturated heterocycles. The number of aliphatic hydroxyl groups is 1. The van der Waals surface area contributed by atoms with Crippen LogP contribution in [0.3, 0.4) is 0 Å². The molecule has 1 aromatic carbocycles. The Labute approximate surface area is 124 Å². The first-order valence-electron chi connectivity index (χ1n) is 7.52. The summed E-state index contributed by atoms with van der Waals surface area (Å²) < 4.78 is 5.50. The maximum absolute atomic E-state index is 12.8. The molecular weight excluding hydrogens is 268 g/mol. The Morgan fingerprint density at radius 2 is 2.19 bits per heavy atom. The summed E-state index contributed by atoms with van der Waals surface area (Å²) in [4.78, 5) is 14.6. The largest absolute Gasteiger partial charge is 0.394 e. The number of carbonyl (C=O) groups excluding carboxylic acids is 1. The predicted octanol–water partition coefficient (Wildman–Crippen LogP) is 0.309. The van der Waals surface area contributed by atoms with Gasteiger partial charge in [0.05, 0.1) is 31.4 Å². The molecule has 3 unspecified atom stereocenters. The molecule has 2 heterocycles. The van der Waals surface area contributed by atoms with Gasteiger partial charge in [0.2, 0.25) is 5.91 Å². The fourth-order valence-electron chi connectivity index (χ4n) is 3.06. The van der Waals surface area contributed by atoms with E-state index in [9.17, 15) is 9.90 Å². The molecule has 5 nitrogen and oxygen atoms in total. The van der Waals surface area contributed by atoms with Gasteiger partial charge in [0.25, 0.3) is 0 Å². The highest BCUT2D eigenvalue weighted by molar-refractivity contribution is 5.83. The summed E-state index contributed by atoms with van der Waals surface area (Å²) in [6, 6.07) is 8.11. The van der Waals surface area contributed by atoms with Crippen molar-refractivity contribution in [2.24, 2.45) is 0 Å². The van der Waals surface area contributed by atoms with Crippen LogP contribution in [-0.2, 0) is 22.5 Å².